The van der Waals surface area contributed by atoms with Gasteiger partial charge in [-0.3, -0.25) is 13.7 Å². The molecule has 29 heavy (non-hydrogen) atoms. The Morgan fingerprint density at radius 2 is 1.03 bits per heavy atom. The normalized spacial score (nSPS) is 19.0. The van der Waals surface area contributed by atoms with Gasteiger partial charge in [0.15, 0.2) is 52.1 Å². The van der Waals surface area contributed by atoms with Crippen molar-refractivity contribution >= 4 is 74.2 Å². The molecule has 0 aliphatic carbocycles. The van der Waals surface area contributed by atoms with Crippen LogP contribution in [0.4, 0.5) is 0 Å². The Kier molecular flexibility index (Phi) is 33.7. The summed E-state index contributed by atoms with van der Waals surface area (Å²) in [6.07, 6.45) is 0.280. The van der Waals surface area contributed by atoms with E-state index in [1.165, 1.54) is 27.5 Å². The molecule has 9 nitrogen and oxygen atoms in total. The first-order valence-electron chi connectivity index (χ1n) is 8.09. The highest BCUT2D eigenvalue weighted by Gasteiger charge is 2.23. The van der Waals surface area contributed by atoms with Crippen molar-refractivity contribution in [3.8, 4) is 0 Å². The highest BCUT2D eigenvalue weighted by Crippen LogP contribution is 2.45. The Bertz CT molecular complexity index is 500. The summed E-state index contributed by atoms with van der Waals surface area (Å²) in [5.41, 5.74) is 0. The van der Waals surface area contributed by atoms with E-state index in [-0.39, 0.29) is 58.2 Å². The summed E-state index contributed by atoms with van der Waals surface area (Å²) in [7, 11) is -6.11. The van der Waals surface area contributed by atoms with Gasteiger partial charge in [-0.15, -0.1) is 0 Å². The van der Waals surface area contributed by atoms with E-state index in [9.17, 15) is 13.7 Å². The van der Waals surface area contributed by atoms with E-state index in [0.717, 1.165) is 0 Å². The molecule has 0 aromatic carbocycles. The van der Waals surface area contributed by atoms with E-state index in [0.29, 0.717) is 6.61 Å². The maximum atomic E-state index is 10.9. The first-order valence-corrected chi connectivity index (χ1v) is 14.4. The quantitative estimate of drug-likeness (QED) is 0.288. The molecule has 0 radical (unpaired) electrons. The molecule has 6 unspecified atom stereocenters. The molecule has 0 spiro atoms. The van der Waals surface area contributed by atoms with Gasteiger partial charge in [-0.2, -0.15) is 0 Å². The first-order chi connectivity index (χ1) is 11.5. The van der Waals surface area contributed by atoms with Crippen molar-refractivity contribution in [2.24, 2.45) is 0 Å². The van der Waals surface area contributed by atoms with E-state index in [2.05, 4.69) is 4.74 Å². The van der Waals surface area contributed by atoms with E-state index in [1.807, 2.05) is 0 Å². The fourth-order valence-electron chi connectivity index (χ4n) is 0.997. The average molecular weight is 532 g/mol. The molecule has 0 aliphatic rings. The molecule has 0 saturated carbocycles. The summed E-state index contributed by atoms with van der Waals surface area (Å²) in [6.45, 7) is 11.3. The first kappa shape index (κ1) is 44.7. The molecule has 0 rings (SSSR count). The zero-order chi connectivity index (χ0) is 21.8. The minimum absolute atomic E-state index is 0. The third-order valence-corrected chi connectivity index (χ3v) is 8.77. The number of ether oxygens (including phenoxy) is 3. The lowest BCUT2D eigenvalue weighted by atomic mass is 10.8. The fourth-order valence-corrected chi connectivity index (χ4v) is 2.66. The molecule has 0 fully saturated rings. The smallest absolute Gasteiger partial charge is 0.227 e. The molecule has 0 saturated heterocycles. The third-order valence-electron chi connectivity index (χ3n) is 3.46. The minimum Gasteiger partial charge on any atom is -0.372 e. The van der Waals surface area contributed by atoms with Crippen LogP contribution in [0.25, 0.3) is 0 Å². The Balaban J connectivity index is -0.0000000652. The second-order valence-electron chi connectivity index (χ2n) is 5.68. The van der Waals surface area contributed by atoms with Crippen molar-refractivity contribution < 1.29 is 42.6 Å². The Morgan fingerprint density at radius 1 is 0.724 bits per heavy atom. The van der Waals surface area contributed by atoms with E-state index >= 15 is 0 Å². The molecule has 0 aromatic heterocycles. The number of hydrogen-bond acceptors (Lipinski definition) is 6. The standard InChI is InChI=1S/2C5H13O3P.C4H11O3P.3Al.9H/c1-4-8-5(2)9(3,6)7;1-4-9(6,7)5(2)8-3;1-4(7-2)8(3,5)6;;;;;;;;;;;;/h2*5H,4H2,1-3H3,(H,6,7);4H,1-3H3,(H,5,6);;;;;;;;;;;;. The molecular formula is C14H46Al3O9P3. The van der Waals surface area contributed by atoms with Crippen LogP contribution in [0.5, 0.6) is 0 Å². The second kappa shape index (κ2) is 21.9. The van der Waals surface area contributed by atoms with Gasteiger partial charge in [0, 0.05) is 40.3 Å². The van der Waals surface area contributed by atoms with E-state index < -0.39 is 39.6 Å². The van der Waals surface area contributed by atoms with E-state index in [4.69, 9.17) is 24.2 Å². The molecule has 0 heterocycles. The second-order valence-corrected chi connectivity index (χ2v) is 13.8. The minimum atomic E-state index is -3.00. The van der Waals surface area contributed by atoms with Crippen LogP contribution >= 0.6 is 22.1 Å². The van der Waals surface area contributed by atoms with Crippen molar-refractivity contribution in [1.29, 1.82) is 0 Å². The highest BCUT2D eigenvalue weighted by molar-refractivity contribution is 7.58. The van der Waals surface area contributed by atoms with Gasteiger partial charge in [0.05, 0.1) is 0 Å². The lowest BCUT2D eigenvalue weighted by Crippen LogP contribution is -2.07. The Labute approximate surface area is 208 Å². The van der Waals surface area contributed by atoms with Crippen LogP contribution in [0.15, 0.2) is 0 Å². The van der Waals surface area contributed by atoms with Gasteiger partial charge in [0.25, 0.3) is 0 Å². The molecule has 15 heteroatoms. The van der Waals surface area contributed by atoms with Crippen molar-refractivity contribution in [3.05, 3.63) is 0 Å². The predicted octanol–water partition coefficient (Wildman–Crippen LogP) is -0.134. The topological polar surface area (TPSA) is 140 Å². The van der Waals surface area contributed by atoms with Gasteiger partial charge < -0.3 is 28.9 Å². The molecule has 180 valence electrons. The lowest BCUT2D eigenvalue weighted by molar-refractivity contribution is 0.121. The van der Waals surface area contributed by atoms with Crippen LogP contribution in [0.2, 0.25) is 0 Å². The van der Waals surface area contributed by atoms with Crippen LogP contribution < -0.4 is 0 Å². The lowest BCUT2D eigenvalue weighted by Gasteiger charge is -2.14. The summed E-state index contributed by atoms with van der Waals surface area (Å²) in [5, 5.41) is 0. The Morgan fingerprint density at radius 3 is 1.10 bits per heavy atom. The number of methoxy groups -OCH3 is 2. The van der Waals surface area contributed by atoms with Crippen molar-refractivity contribution in [3.63, 3.8) is 0 Å². The summed E-state index contributed by atoms with van der Waals surface area (Å²) in [4.78, 5) is 26.6. The SMILES string of the molecule is CCOC(C)P(C)(=O)O.CCP(=O)(O)C(C)OC.COC(C)P(C)(=O)O.[AlH3].[AlH3].[AlH3]. The molecule has 0 bridgehead atoms. The Hall–Kier alpha value is 2.05. The van der Waals surface area contributed by atoms with Crippen molar-refractivity contribution in [1.82, 2.24) is 0 Å². The van der Waals surface area contributed by atoms with Crippen LogP contribution in [-0.2, 0) is 27.9 Å². The van der Waals surface area contributed by atoms with Gasteiger partial charge in [-0.1, -0.05) is 6.92 Å². The van der Waals surface area contributed by atoms with Crippen LogP contribution in [0.3, 0.4) is 0 Å². The molecule has 0 amide bonds. The van der Waals surface area contributed by atoms with Crippen LogP contribution in [-0.4, -0.2) is 125 Å². The van der Waals surface area contributed by atoms with Gasteiger partial charge in [0.2, 0.25) is 22.1 Å². The maximum absolute atomic E-state index is 10.9. The molecular weight excluding hydrogens is 486 g/mol. The highest BCUT2D eigenvalue weighted by atomic mass is 31.2. The molecule has 6 atom stereocenters. The fraction of sp³-hybridized carbons (Fsp3) is 1.00. The third kappa shape index (κ3) is 26.2. The zero-order valence-corrected chi connectivity index (χ0v) is 20.0. The van der Waals surface area contributed by atoms with Crippen molar-refractivity contribution in [2.45, 2.75) is 52.2 Å². The average Bonchev–Trinajstić information content (AvgIpc) is 2.52. The van der Waals surface area contributed by atoms with Crippen LogP contribution in [0.1, 0.15) is 34.6 Å². The van der Waals surface area contributed by atoms with E-state index in [1.54, 1.807) is 34.6 Å². The van der Waals surface area contributed by atoms with Gasteiger partial charge >= 0.3 is 0 Å². The van der Waals surface area contributed by atoms with Crippen molar-refractivity contribution in [2.75, 3.05) is 40.3 Å². The molecule has 0 aromatic rings. The van der Waals surface area contributed by atoms with Gasteiger partial charge in [-0.05, 0) is 27.7 Å². The van der Waals surface area contributed by atoms with Gasteiger partial charge in [0.1, 0.15) is 17.5 Å². The monoisotopic (exact) mass is 532 g/mol. The number of rotatable bonds is 8. The maximum Gasteiger partial charge on any atom is 0.227 e. The number of hydrogen-bond donors (Lipinski definition) is 3. The molecule has 0 aliphatic heterocycles. The predicted molar refractivity (Wildman–Crippen MR) is 136 cm³/mol. The molecule has 3 N–H and O–H groups in total. The zero-order valence-electron chi connectivity index (χ0n) is 17.3. The largest absolute Gasteiger partial charge is 0.372 e. The summed E-state index contributed by atoms with van der Waals surface area (Å²) < 4.78 is 46.4. The summed E-state index contributed by atoms with van der Waals surface area (Å²) >= 11 is 0. The summed E-state index contributed by atoms with van der Waals surface area (Å²) in [6, 6.07) is 0. The van der Waals surface area contributed by atoms with Crippen LogP contribution in [0, 0.1) is 0 Å². The summed E-state index contributed by atoms with van der Waals surface area (Å²) in [5.74, 6) is -1.59. The van der Waals surface area contributed by atoms with Gasteiger partial charge in [-0.25, -0.2) is 0 Å².